The summed E-state index contributed by atoms with van der Waals surface area (Å²) >= 11 is 0. The summed E-state index contributed by atoms with van der Waals surface area (Å²) in [5.41, 5.74) is 4.71. The molecular formula is C17H25N3O. The smallest absolute Gasteiger partial charge is 0.0724 e. The molecule has 4 nitrogen and oxygen atoms in total. The van der Waals surface area contributed by atoms with Gasteiger partial charge in [-0.1, -0.05) is 24.3 Å². The van der Waals surface area contributed by atoms with Crippen LogP contribution in [0.3, 0.4) is 0 Å². The Hall–Kier alpha value is -1.65. The lowest BCUT2D eigenvalue weighted by Gasteiger charge is -2.19. The average molecular weight is 287 g/mol. The molecule has 0 bridgehead atoms. The Bertz CT molecular complexity index is 569. The lowest BCUT2D eigenvalue weighted by atomic mass is 10.1. The Labute approximate surface area is 126 Å². The predicted molar refractivity (Wildman–Crippen MR) is 84.9 cm³/mol. The maximum absolute atomic E-state index is 5.82. The minimum Gasteiger partial charge on any atom is -0.371 e. The fourth-order valence-corrected chi connectivity index (χ4v) is 2.02. The lowest BCUT2D eigenvalue weighted by molar-refractivity contribution is -0.0149. The summed E-state index contributed by atoms with van der Waals surface area (Å²) in [7, 11) is 0. The van der Waals surface area contributed by atoms with Crippen LogP contribution >= 0.6 is 0 Å². The molecule has 0 radical (unpaired) electrons. The summed E-state index contributed by atoms with van der Waals surface area (Å²) in [4.78, 5) is 0. The van der Waals surface area contributed by atoms with Gasteiger partial charge < -0.3 is 10.1 Å². The Balaban J connectivity index is 1.85. The van der Waals surface area contributed by atoms with Crippen molar-refractivity contribution in [1.29, 1.82) is 0 Å². The zero-order valence-corrected chi connectivity index (χ0v) is 13.4. The summed E-state index contributed by atoms with van der Waals surface area (Å²) in [6.45, 7) is 10.6. The Kier molecular flexibility index (Phi) is 5.15. The van der Waals surface area contributed by atoms with E-state index in [9.17, 15) is 0 Å². The normalized spacial score (nSPS) is 11.8. The van der Waals surface area contributed by atoms with Gasteiger partial charge in [0.05, 0.1) is 18.4 Å². The minimum atomic E-state index is -0.104. The number of ether oxygens (including phenoxy) is 1. The van der Waals surface area contributed by atoms with Gasteiger partial charge in [-0.3, -0.25) is 5.10 Å². The number of nitrogens with one attached hydrogen (secondary N) is 2. The Morgan fingerprint density at radius 3 is 2.62 bits per heavy atom. The highest BCUT2D eigenvalue weighted by atomic mass is 16.5. The summed E-state index contributed by atoms with van der Waals surface area (Å²) in [6.07, 6.45) is 1.87. The van der Waals surface area contributed by atoms with Crippen LogP contribution in [-0.2, 0) is 24.4 Å². The van der Waals surface area contributed by atoms with Crippen LogP contribution < -0.4 is 5.32 Å². The number of benzene rings is 1. The number of aryl methyl sites for hydroxylation is 1. The van der Waals surface area contributed by atoms with Crippen LogP contribution in [0.4, 0.5) is 0 Å². The molecule has 0 aliphatic carbocycles. The first kappa shape index (κ1) is 15.7. The highest BCUT2D eigenvalue weighted by molar-refractivity contribution is 5.23. The third kappa shape index (κ3) is 5.33. The van der Waals surface area contributed by atoms with E-state index in [-0.39, 0.29) is 5.60 Å². The Morgan fingerprint density at radius 1 is 1.19 bits per heavy atom. The summed E-state index contributed by atoms with van der Waals surface area (Å²) in [6, 6.07) is 8.52. The average Bonchev–Trinajstić information content (AvgIpc) is 2.82. The van der Waals surface area contributed by atoms with Gasteiger partial charge in [-0.05, 0) is 38.8 Å². The summed E-state index contributed by atoms with van der Waals surface area (Å²) in [5.74, 6) is 0. The number of rotatable bonds is 6. The molecule has 0 spiro atoms. The van der Waals surface area contributed by atoms with Crippen molar-refractivity contribution >= 4 is 0 Å². The summed E-state index contributed by atoms with van der Waals surface area (Å²) in [5, 5.41) is 10.4. The van der Waals surface area contributed by atoms with Gasteiger partial charge in [0.2, 0.25) is 0 Å². The number of aromatic nitrogens is 2. The van der Waals surface area contributed by atoms with Crippen LogP contribution in [0.15, 0.2) is 30.5 Å². The molecule has 0 saturated heterocycles. The van der Waals surface area contributed by atoms with E-state index in [0.29, 0.717) is 6.61 Å². The third-order valence-electron chi connectivity index (χ3n) is 3.24. The number of aromatic amines is 1. The molecule has 21 heavy (non-hydrogen) atoms. The quantitative estimate of drug-likeness (QED) is 0.857. The van der Waals surface area contributed by atoms with Crippen molar-refractivity contribution in [3.63, 3.8) is 0 Å². The van der Waals surface area contributed by atoms with Gasteiger partial charge in [0.25, 0.3) is 0 Å². The fraction of sp³-hybridized carbons (Fsp3) is 0.471. The third-order valence-corrected chi connectivity index (χ3v) is 3.24. The van der Waals surface area contributed by atoms with Crippen LogP contribution in [0, 0.1) is 6.92 Å². The van der Waals surface area contributed by atoms with Crippen molar-refractivity contribution < 1.29 is 4.74 Å². The molecule has 2 aromatic rings. The SMILES string of the molecule is Cc1[nH]ncc1CNCc1cccc(COC(C)(C)C)c1. The fourth-order valence-electron chi connectivity index (χ4n) is 2.02. The predicted octanol–water partition coefficient (Wildman–Crippen LogP) is 3.32. The zero-order chi connectivity index (χ0) is 15.3. The highest BCUT2D eigenvalue weighted by Gasteiger charge is 2.10. The van der Waals surface area contributed by atoms with Crippen molar-refractivity contribution in [3.8, 4) is 0 Å². The first-order valence-electron chi connectivity index (χ1n) is 7.35. The standard InChI is InChI=1S/C17H25N3O/c1-13-16(11-19-20-13)10-18-9-14-6-5-7-15(8-14)12-21-17(2,3)4/h5-8,11,18H,9-10,12H2,1-4H3,(H,19,20). The molecule has 0 fully saturated rings. The largest absolute Gasteiger partial charge is 0.371 e. The first-order chi connectivity index (χ1) is 9.94. The van der Waals surface area contributed by atoms with Crippen LogP contribution in [-0.4, -0.2) is 15.8 Å². The molecule has 114 valence electrons. The van der Waals surface area contributed by atoms with Gasteiger partial charge in [0.1, 0.15) is 0 Å². The molecule has 1 aromatic heterocycles. The monoisotopic (exact) mass is 287 g/mol. The van der Waals surface area contributed by atoms with E-state index in [1.54, 1.807) is 0 Å². The molecule has 0 atom stereocenters. The van der Waals surface area contributed by atoms with E-state index in [4.69, 9.17) is 4.74 Å². The number of H-pyrrole nitrogens is 1. The zero-order valence-electron chi connectivity index (χ0n) is 13.4. The second-order valence-electron chi connectivity index (χ2n) is 6.34. The molecule has 0 unspecified atom stereocenters. The highest BCUT2D eigenvalue weighted by Crippen LogP contribution is 2.13. The number of hydrogen-bond donors (Lipinski definition) is 2. The molecule has 4 heteroatoms. The molecule has 0 saturated carbocycles. The summed E-state index contributed by atoms with van der Waals surface area (Å²) < 4.78 is 5.82. The van der Waals surface area contributed by atoms with E-state index in [2.05, 4.69) is 60.6 Å². The molecule has 1 aromatic carbocycles. The van der Waals surface area contributed by atoms with Crippen molar-refractivity contribution in [2.75, 3.05) is 0 Å². The van der Waals surface area contributed by atoms with Crippen molar-refractivity contribution in [2.45, 2.75) is 53.0 Å². The van der Waals surface area contributed by atoms with Crippen molar-refractivity contribution in [2.24, 2.45) is 0 Å². The van der Waals surface area contributed by atoms with E-state index in [0.717, 1.165) is 18.8 Å². The second-order valence-corrected chi connectivity index (χ2v) is 6.34. The molecule has 2 N–H and O–H groups in total. The van der Waals surface area contributed by atoms with Crippen molar-refractivity contribution in [3.05, 3.63) is 52.8 Å². The van der Waals surface area contributed by atoms with Crippen LogP contribution in [0.2, 0.25) is 0 Å². The molecule has 0 aliphatic heterocycles. The second kappa shape index (κ2) is 6.87. The topological polar surface area (TPSA) is 49.9 Å². The maximum Gasteiger partial charge on any atom is 0.0724 e. The van der Waals surface area contributed by atoms with E-state index >= 15 is 0 Å². The van der Waals surface area contributed by atoms with Gasteiger partial charge in [0.15, 0.2) is 0 Å². The number of hydrogen-bond acceptors (Lipinski definition) is 3. The number of nitrogens with zero attached hydrogens (tertiary/aromatic N) is 1. The first-order valence-corrected chi connectivity index (χ1v) is 7.35. The molecule has 0 amide bonds. The van der Waals surface area contributed by atoms with E-state index < -0.39 is 0 Å². The minimum absolute atomic E-state index is 0.104. The van der Waals surface area contributed by atoms with Gasteiger partial charge in [-0.15, -0.1) is 0 Å². The van der Waals surface area contributed by atoms with Crippen molar-refractivity contribution in [1.82, 2.24) is 15.5 Å². The van der Waals surface area contributed by atoms with Gasteiger partial charge >= 0.3 is 0 Å². The maximum atomic E-state index is 5.82. The molecular weight excluding hydrogens is 262 g/mol. The van der Waals surface area contributed by atoms with Crippen LogP contribution in [0.1, 0.15) is 43.2 Å². The molecule has 1 heterocycles. The Morgan fingerprint density at radius 2 is 1.95 bits per heavy atom. The van der Waals surface area contributed by atoms with Gasteiger partial charge in [-0.25, -0.2) is 0 Å². The van der Waals surface area contributed by atoms with E-state index in [1.807, 2.05) is 13.1 Å². The lowest BCUT2D eigenvalue weighted by Crippen LogP contribution is -2.18. The van der Waals surface area contributed by atoms with Gasteiger partial charge in [0, 0.05) is 24.3 Å². The molecule has 2 rings (SSSR count). The van der Waals surface area contributed by atoms with Gasteiger partial charge in [-0.2, -0.15) is 5.10 Å². The van der Waals surface area contributed by atoms with E-state index in [1.165, 1.54) is 16.7 Å². The van der Waals surface area contributed by atoms with Crippen LogP contribution in [0.25, 0.3) is 0 Å². The molecule has 0 aliphatic rings. The van der Waals surface area contributed by atoms with Crippen LogP contribution in [0.5, 0.6) is 0 Å².